The molecule has 1 saturated heterocycles. The van der Waals surface area contributed by atoms with Crippen molar-refractivity contribution in [3.8, 4) is 0 Å². The first kappa shape index (κ1) is 14.6. The van der Waals surface area contributed by atoms with Gasteiger partial charge >= 0.3 is 0 Å². The van der Waals surface area contributed by atoms with E-state index in [1.807, 2.05) is 0 Å². The van der Waals surface area contributed by atoms with Crippen LogP contribution in [0.3, 0.4) is 0 Å². The van der Waals surface area contributed by atoms with E-state index in [9.17, 15) is 0 Å². The van der Waals surface area contributed by atoms with Gasteiger partial charge in [-0.15, -0.1) is 0 Å². The van der Waals surface area contributed by atoms with Crippen molar-refractivity contribution < 1.29 is 4.74 Å². The van der Waals surface area contributed by atoms with Gasteiger partial charge in [-0.3, -0.25) is 4.90 Å². The molecule has 18 heavy (non-hydrogen) atoms. The third-order valence-corrected chi connectivity index (χ3v) is 5.97. The van der Waals surface area contributed by atoms with Crippen LogP contribution in [0.4, 0.5) is 0 Å². The molecule has 1 aliphatic carbocycles. The Kier molecular flexibility index (Phi) is 4.32. The number of nitrogens with two attached hydrogens (primary N) is 1. The van der Waals surface area contributed by atoms with E-state index in [1.54, 1.807) is 0 Å². The highest BCUT2D eigenvalue weighted by Gasteiger charge is 2.58. The molecule has 3 nitrogen and oxygen atoms in total. The van der Waals surface area contributed by atoms with E-state index in [4.69, 9.17) is 10.5 Å². The zero-order valence-corrected chi connectivity index (χ0v) is 13.1. The quantitative estimate of drug-likeness (QED) is 0.849. The van der Waals surface area contributed by atoms with Crippen LogP contribution in [0.5, 0.6) is 0 Å². The SMILES string of the molecule is CCOC1CC(N)(CN2CCSC(C)C2)C1(C)C. The second-order valence-electron chi connectivity index (χ2n) is 6.44. The second-order valence-corrected chi connectivity index (χ2v) is 7.99. The number of ether oxygens (including phenoxy) is 1. The largest absolute Gasteiger partial charge is 0.378 e. The van der Waals surface area contributed by atoms with E-state index in [0.29, 0.717) is 6.10 Å². The Balaban J connectivity index is 1.93. The molecule has 4 heteroatoms. The molecule has 106 valence electrons. The van der Waals surface area contributed by atoms with Gasteiger partial charge in [-0.25, -0.2) is 0 Å². The molecular formula is C14H28N2OS. The third-order valence-electron chi connectivity index (χ3n) is 4.84. The highest BCUT2D eigenvalue weighted by Crippen LogP contribution is 2.50. The highest BCUT2D eigenvalue weighted by atomic mass is 32.2. The summed E-state index contributed by atoms with van der Waals surface area (Å²) in [6.45, 7) is 13.1. The molecule has 3 unspecified atom stereocenters. The van der Waals surface area contributed by atoms with Crippen molar-refractivity contribution in [3.05, 3.63) is 0 Å². The van der Waals surface area contributed by atoms with Crippen LogP contribution < -0.4 is 5.73 Å². The number of rotatable bonds is 4. The molecule has 0 aromatic carbocycles. The molecule has 1 aliphatic heterocycles. The number of nitrogens with zero attached hydrogens (tertiary/aromatic N) is 1. The van der Waals surface area contributed by atoms with Crippen LogP contribution in [-0.4, -0.2) is 53.8 Å². The molecule has 1 saturated carbocycles. The van der Waals surface area contributed by atoms with Gasteiger partial charge < -0.3 is 10.5 Å². The molecule has 0 aromatic heterocycles. The molecule has 0 bridgehead atoms. The lowest BCUT2D eigenvalue weighted by Crippen LogP contribution is -2.74. The van der Waals surface area contributed by atoms with Crippen molar-refractivity contribution in [1.82, 2.24) is 4.90 Å². The standard InChI is InChI=1S/C14H28N2OS/c1-5-17-12-8-14(15,13(12,3)4)10-16-6-7-18-11(2)9-16/h11-12H,5-10,15H2,1-4H3. The van der Waals surface area contributed by atoms with Crippen LogP contribution in [0.2, 0.25) is 0 Å². The minimum atomic E-state index is -0.0748. The van der Waals surface area contributed by atoms with Crippen molar-refractivity contribution in [1.29, 1.82) is 0 Å². The summed E-state index contributed by atoms with van der Waals surface area (Å²) in [6.07, 6.45) is 1.34. The third kappa shape index (κ3) is 2.58. The van der Waals surface area contributed by atoms with Crippen molar-refractivity contribution in [2.24, 2.45) is 11.1 Å². The normalized spacial score (nSPS) is 40.5. The predicted octanol–water partition coefficient (Wildman–Crippen LogP) is 1.96. The van der Waals surface area contributed by atoms with Crippen LogP contribution in [0, 0.1) is 5.41 Å². The minimum Gasteiger partial charge on any atom is -0.378 e. The Hall–Kier alpha value is 0.230. The van der Waals surface area contributed by atoms with Gasteiger partial charge in [-0.05, 0) is 13.3 Å². The topological polar surface area (TPSA) is 38.5 Å². The highest BCUT2D eigenvalue weighted by molar-refractivity contribution is 7.99. The van der Waals surface area contributed by atoms with Crippen LogP contribution in [0.25, 0.3) is 0 Å². The fraction of sp³-hybridized carbons (Fsp3) is 1.00. The monoisotopic (exact) mass is 272 g/mol. The zero-order valence-electron chi connectivity index (χ0n) is 12.2. The van der Waals surface area contributed by atoms with E-state index < -0.39 is 0 Å². The molecule has 2 rings (SSSR count). The smallest absolute Gasteiger partial charge is 0.0662 e. The fourth-order valence-corrected chi connectivity index (χ4v) is 4.29. The Bertz CT molecular complexity index is 298. The first-order chi connectivity index (χ1) is 8.39. The molecule has 2 fully saturated rings. The lowest BCUT2D eigenvalue weighted by atomic mass is 9.54. The molecule has 0 spiro atoms. The van der Waals surface area contributed by atoms with E-state index in [-0.39, 0.29) is 11.0 Å². The zero-order chi connectivity index (χ0) is 13.4. The summed E-state index contributed by atoms with van der Waals surface area (Å²) in [4.78, 5) is 2.55. The van der Waals surface area contributed by atoms with Gasteiger partial charge in [0.15, 0.2) is 0 Å². The average molecular weight is 272 g/mol. The molecule has 3 atom stereocenters. The van der Waals surface area contributed by atoms with E-state index in [2.05, 4.69) is 44.4 Å². The van der Waals surface area contributed by atoms with E-state index >= 15 is 0 Å². The second kappa shape index (κ2) is 5.31. The molecule has 1 heterocycles. The van der Waals surface area contributed by atoms with Crippen LogP contribution in [0.15, 0.2) is 0 Å². The summed E-state index contributed by atoms with van der Waals surface area (Å²) < 4.78 is 5.80. The Morgan fingerprint density at radius 1 is 1.44 bits per heavy atom. The first-order valence-corrected chi connectivity index (χ1v) is 8.18. The molecule has 0 aromatic rings. The molecule has 2 N–H and O–H groups in total. The van der Waals surface area contributed by atoms with Gasteiger partial charge in [0.2, 0.25) is 0 Å². The summed E-state index contributed by atoms with van der Waals surface area (Å²) in [5.74, 6) is 1.24. The minimum absolute atomic E-state index is 0.0748. The Labute approximate surface area is 116 Å². The van der Waals surface area contributed by atoms with Gasteiger partial charge in [0.05, 0.1) is 6.10 Å². The summed E-state index contributed by atoms with van der Waals surface area (Å²) in [5.41, 5.74) is 6.67. The first-order valence-electron chi connectivity index (χ1n) is 7.13. The van der Waals surface area contributed by atoms with Gasteiger partial charge in [-0.1, -0.05) is 20.8 Å². The molecular weight excluding hydrogens is 244 g/mol. The summed E-state index contributed by atoms with van der Waals surface area (Å²) in [7, 11) is 0. The van der Waals surface area contributed by atoms with Crippen LogP contribution >= 0.6 is 11.8 Å². The molecule has 0 radical (unpaired) electrons. The van der Waals surface area contributed by atoms with Gasteiger partial charge in [0.1, 0.15) is 0 Å². The summed E-state index contributed by atoms with van der Waals surface area (Å²) in [6, 6.07) is 0. The van der Waals surface area contributed by atoms with Crippen LogP contribution in [0.1, 0.15) is 34.1 Å². The van der Waals surface area contributed by atoms with Crippen molar-refractivity contribution in [2.45, 2.75) is 51.0 Å². The lowest BCUT2D eigenvalue weighted by Gasteiger charge is -2.60. The maximum atomic E-state index is 6.65. The van der Waals surface area contributed by atoms with Crippen molar-refractivity contribution >= 4 is 11.8 Å². The van der Waals surface area contributed by atoms with E-state index in [1.165, 1.54) is 18.8 Å². The molecule has 2 aliphatic rings. The summed E-state index contributed by atoms with van der Waals surface area (Å²) in [5, 5.41) is 0.744. The summed E-state index contributed by atoms with van der Waals surface area (Å²) >= 11 is 2.07. The fourth-order valence-electron chi connectivity index (χ4n) is 3.21. The van der Waals surface area contributed by atoms with E-state index in [0.717, 1.165) is 24.8 Å². The van der Waals surface area contributed by atoms with Crippen molar-refractivity contribution in [2.75, 3.05) is 32.0 Å². The number of hydrogen-bond acceptors (Lipinski definition) is 4. The number of hydrogen-bond donors (Lipinski definition) is 1. The lowest BCUT2D eigenvalue weighted by molar-refractivity contribution is -0.156. The Morgan fingerprint density at radius 3 is 2.72 bits per heavy atom. The average Bonchev–Trinajstić information content (AvgIpc) is 2.28. The molecule has 0 amide bonds. The van der Waals surface area contributed by atoms with Crippen LogP contribution in [-0.2, 0) is 4.74 Å². The maximum absolute atomic E-state index is 6.65. The number of thioether (sulfide) groups is 1. The van der Waals surface area contributed by atoms with Gasteiger partial charge in [0, 0.05) is 48.2 Å². The maximum Gasteiger partial charge on any atom is 0.0662 e. The Morgan fingerprint density at radius 2 is 2.17 bits per heavy atom. The van der Waals surface area contributed by atoms with Gasteiger partial charge in [-0.2, -0.15) is 11.8 Å². The van der Waals surface area contributed by atoms with Crippen molar-refractivity contribution in [3.63, 3.8) is 0 Å². The predicted molar refractivity (Wildman–Crippen MR) is 79.1 cm³/mol. The van der Waals surface area contributed by atoms with Gasteiger partial charge in [0.25, 0.3) is 0 Å².